The second-order valence-electron chi connectivity index (χ2n) is 7.00. The molecule has 0 radical (unpaired) electrons. The number of benzene rings is 3. The minimum absolute atomic E-state index is 0.164. The topological polar surface area (TPSA) is 66.5 Å². The van der Waals surface area contributed by atoms with E-state index in [-0.39, 0.29) is 17.7 Å². The summed E-state index contributed by atoms with van der Waals surface area (Å²) in [6.45, 7) is 2.31. The molecule has 0 unspecified atom stereocenters. The zero-order valence-corrected chi connectivity index (χ0v) is 17.2. The predicted octanol–water partition coefficient (Wildman–Crippen LogP) is 4.64. The number of carbonyl (C=O) groups excluding carboxylic acids is 3. The van der Waals surface area contributed by atoms with Crippen molar-refractivity contribution in [3.05, 3.63) is 95.1 Å². The number of rotatable bonds is 6. The normalized spacial score (nSPS) is 12.8. The molecule has 0 atom stereocenters. The Morgan fingerprint density at radius 3 is 2.23 bits per heavy atom. The summed E-state index contributed by atoms with van der Waals surface area (Å²) in [7, 11) is 0. The van der Waals surface area contributed by atoms with Gasteiger partial charge >= 0.3 is 0 Å². The molecule has 3 amide bonds. The third-order valence-corrected chi connectivity index (χ3v) is 5.84. The first kappa shape index (κ1) is 19.9. The van der Waals surface area contributed by atoms with E-state index >= 15 is 0 Å². The number of aryl methyl sites for hydroxylation is 1. The van der Waals surface area contributed by atoms with Gasteiger partial charge in [-0.3, -0.25) is 19.3 Å². The third-order valence-electron chi connectivity index (χ3n) is 4.87. The first-order valence-corrected chi connectivity index (χ1v) is 10.6. The van der Waals surface area contributed by atoms with E-state index in [0.29, 0.717) is 34.7 Å². The number of thioether (sulfide) groups is 1. The lowest BCUT2D eigenvalue weighted by Gasteiger charge is -2.13. The van der Waals surface area contributed by atoms with Crippen LogP contribution in [0.4, 0.5) is 5.69 Å². The van der Waals surface area contributed by atoms with Gasteiger partial charge in [0.25, 0.3) is 17.7 Å². The first-order valence-electron chi connectivity index (χ1n) is 9.59. The van der Waals surface area contributed by atoms with Gasteiger partial charge in [-0.2, -0.15) is 0 Å². The zero-order chi connectivity index (χ0) is 21.1. The fourth-order valence-corrected chi connectivity index (χ4v) is 4.16. The standard InChI is InChI=1S/C24H20N2O3S/c1-16-9-11-17(12-10-16)22(27)25-18-5-4-6-19(15-18)30-14-13-26-23(28)20-7-2-3-8-21(20)24(26)29/h2-12,15H,13-14H2,1H3,(H,25,27). The average molecular weight is 417 g/mol. The second kappa shape index (κ2) is 8.55. The summed E-state index contributed by atoms with van der Waals surface area (Å²) < 4.78 is 0. The molecule has 150 valence electrons. The summed E-state index contributed by atoms with van der Waals surface area (Å²) in [5, 5.41) is 2.90. The molecule has 1 aliphatic heterocycles. The van der Waals surface area contributed by atoms with Crippen LogP contribution in [0.3, 0.4) is 0 Å². The summed E-state index contributed by atoms with van der Waals surface area (Å²) in [5.41, 5.74) is 3.33. The van der Waals surface area contributed by atoms with Crippen LogP contribution in [0.5, 0.6) is 0 Å². The van der Waals surface area contributed by atoms with Crippen molar-refractivity contribution in [2.75, 3.05) is 17.6 Å². The van der Waals surface area contributed by atoms with Crippen molar-refractivity contribution < 1.29 is 14.4 Å². The number of nitrogens with one attached hydrogen (secondary N) is 1. The summed E-state index contributed by atoms with van der Waals surface area (Å²) >= 11 is 1.53. The maximum Gasteiger partial charge on any atom is 0.261 e. The van der Waals surface area contributed by atoms with Gasteiger partial charge in [0.05, 0.1) is 11.1 Å². The fraction of sp³-hybridized carbons (Fsp3) is 0.125. The van der Waals surface area contributed by atoms with Crippen LogP contribution in [0.1, 0.15) is 36.6 Å². The Bertz CT molecular complexity index is 1090. The van der Waals surface area contributed by atoms with Crippen molar-refractivity contribution in [1.82, 2.24) is 4.90 Å². The summed E-state index contributed by atoms with van der Waals surface area (Å²) in [6.07, 6.45) is 0. The molecule has 5 nitrogen and oxygen atoms in total. The van der Waals surface area contributed by atoms with Crippen LogP contribution in [0.25, 0.3) is 0 Å². The molecule has 1 heterocycles. The van der Waals surface area contributed by atoms with Crippen molar-refractivity contribution in [1.29, 1.82) is 0 Å². The highest BCUT2D eigenvalue weighted by Gasteiger charge is 2.34. The van der Waals surface area contributed by atoms with Gasteiger partial charge in [-0.15, -0.1) is 11.8 Å². The van der Waals surface area contributed by atoms with E-state index in [1.165, 1.54) is 16.7 Å². The minimum Gasteiger partial charge on any atom is -0.322 e. The van der Waals surface area contributed by atoms with E-state index in [1.807, 2.05) is 43.3 Å². The smallest absolute Gasteiger partial charge is 0.261 e. The Kier molecular flexibility index (Phi) is 5.68. The van der Waals surface area contributed by atoms with Gasteiger partial charge in [0.15, 0.2) is 0 Å². The molecule has 0 saturated heterocycles. The molecule has 3 aromatic rings. The highest BCUT2D eigenvalue weighted by atomic mass is 32.2. The molecule has 0 bridgehead atoms. The Morgan fingerprint density at radius 1 is 0.900 bits per heavy atom. The van der Waals surface area contributed by atoms with E-state index in [9.17, 15) is 14.4 Å². The highest BCUT2D eigenvalue weighted by Crippen LogP contribution is 2.25. The predicted molar refractivity (Wildman–Crippen MR) is 118 cm³/mol. The number of amides is 3. The van der Waals surface area contributed by atoms with Crippen LogP contribution >= 0.6 is 11.8 Å². The van der Waals surface area contributed by atoms with Gasteiger partial charge in [0.2, 0.25) is 0 Å². The zero-order valence-electron chi connectivity index (χ0n) is 16.4. The van der Waals surface area contributed by atoms with Gasteiger partial charge in [0, 0.05) is 28.4 Å². The Labute approximate surface area is 179 Å². The monoisotopic (exact) mass is 416 g/mol. The number of carbonyl (C=O) groups is 3. The van der Waals surface area contributed by atoms with Gasteiger partial charge in [-0.1, -0.05) is 35.9 Å². The van der Waals surface area contributed by atoms with Crippen molar-refractivity contribution in [2.24, 2.45) is 0 Å². The lowest BCUT2D eigenvalue weighted by Crippen LogP contribution is -2.31. The van der Waals surface area contributed by atoms with E-state index in [0.717, 1.165) is 10.5 Å². The summed E-state index contributed by atoms with van der Waals surface area (Å²) in [5.74, 6) is -0.0744. The second-order valence-corrected chi connectivity index (χ2v) is 8.17. The number of anilines is 1. The first-order chi connectivity index (χ1) is 14.5. The molecule has 1 aliphatic rings. The highest BCUT2D eigenvalue weighted by molar-refractivity contribution is 7.99. The lowest BCUT2D eigenvalue weighted by molar-refractivity contribution is 0.0664. The number of imide groups is 1. The average Bonchev–Trinajstić information content (AvgIpc) is 2.99. The SMILES string of the molecule is Cc1ccc(C(=O)Nc2cccc(SCCN3C(=O)c4ccccc4C3=O)c2)cc1. The van der Waals surface area contributed by atoms with Gasteiger partial charge in [-0.05, 0) is 49.4 Å². The molecule has 30 heavy (non-hydrogen) atoms. The van der Waals surface area contributed by atoms with E-state index in [2.05, 4.69) is 5.32 Å². The Balaban J connectivity index is 1.35. The van der Waals surface area contributed by atoms with Crippen molar-refractivity contribution in [3.8, 4) is 0 Å². The molecule has 0 saturated carbocycles. The molecular weight excluding hydrogens is 396 g/mol. The van der Waals surface area contributed by atoms with Gasteiger partial charge < -0.3 is 5.32 Å². The third kappa shape index (κ3) is 4.14. The molecule has 0 aromatic heterocycles. The maximum absolute atomic E-state index is 12.4. The van der Waals surface area contributed by atoms with Crippen LogP contribution in [0.15, 0.2) is 77.7 Å². The number of nitrogens with zero attached hydrogens (tertiary/aromatic N) is 1. The summed E-state index contributed by atoms with van der Waals surface area (Å²) in [4.78, 5) is 39.5. The minimum atomic E-state index is -0.240. The molecule has 0 fully saturated rings. The number of hydrogen-bond acceptors (Lipinski definition) is 4. The maximum atomic E-state index is 12.4. The van der Waals surface area contributed by atoms with Crippen LogP contribution in [-0.2, 0) is 0 Å². The Morgan fingerprint density at radius 2 is 1.57 bits per heavy atom. The van der Waals surface area contributed by atoms with Gasteiger partial charge in [0.1, 0.15) is 0 Å². The van der Waals surface area contributed by atoms with Crippen molar-refractivity contribution >= 4 is 35.2 Å². The molecule has 4 rings (SSSR count). The molecule has 1 N–H and O–H groups in total. The Hall–Kier alpha value is -3.38. The lowest BCUT2D eigenvalue weighted by atomic mass is 10.1. The van der Waals surface area contributed by atoms with Crippen LogP contribution < -0.4 is 5.32 Å². The van der Waals surface area contributed by atoms with Gasteiger partial charge in [-0.25, -0.2) is 0 Å². The molecular formula is C24H20N2O3S. The van der Waals surface area contributed by atoms with Crippen LogP contribution in [-0.4, -0.2) is 34.9 Å². The van der Waals surface area contributed by atoms with Crippen molar-refractivity contribution in [3.63, 3.8) is 0 Å². The van der Waals surface area contributed by atoms with E-state index < -0.39 is 0 Å². The van der Waals surface area contributed by atoms with E-state index in [1.54, 1.807) is 36.4 Å². The van der Waals surface area contributed by atoms with Crippen LogP contribution in [0.2, 0.25) is 0 Å². The molecule has 3 aromatic carbocycles. The van der Waals surface area contributed by atoms with Crippen LogP contribution in [0, 0.1) is 6.92 Å². The molecule has 0 spiro atoms. The molecule has 6 heteroatoms. The fourth-order valence-electron chi connectivity index (χ4n) is 3.27. The largest absolute Gasteiger partial charge is 0.322 e. The summed E-state index contributed by atoms with van der Waals surface area (Å²) in [6, 6.07) is 21.8. The van der Waals surface area contributed by atoms with Crippen molar-refractivity contribution in [2.45, 2.75) is 11.8 Å². The van der Waals surface area contributed by atoms with E-state index in [4.69, 9.17) is 0 Å². The molecule has 0 aliphatic carbocycles. The quantitative estimate of drug-likeness (QED) is 0.470. The number of hydrogen-bond donors (Lipinski definition) is 1. The number of fused-ring (bicyclic) bond motifs is 1.